The van der Waals surface area contributed by atoms with Gasteiger partial charge in [-0.05, 0) is 43.9 Å². The highest BCUT2D eigenvalue weighted by Gasteiger charge is 2.18. The van der Waals surface area contributed by atoms with Gasteiger partial charge in [0.2, 0.25) is 5.95 Å². The van der Waals surface area contributed by atoms with E-state index in [4.69, 9.17) is 0 Å². The van der Waals surface area contributed by atoms with Crippen LogP contribution < -0.4 is 10.2 Å². The molecule has 2 heterocycles. The van der Waals surface area contributed by atoms with Crippen molar-refractivity contribution in [3.05, 3.63) is 53.1 Å². The predicted molar refractivity (Wildman–Crippen MR) is 90.7 cm³/mol. The molecule has 1 fully saturated rings. The number of nitrogens with one attached hydrogen (secondary N) is 1. The van der Waals surface area contributed by atoms with Gasteiger partial charge in [0.1, 0.15) is 11.5 Å². The van der Waals surface area contributed by atoms with E-state index < -0.39 is 0 Å². The molecule has 0 unspecified atom stereocenters. The SMILES string of the molecule is Cc1cc(C(=O)NCCc2ccccc2F)nc(N2CCCC2)n1. The standard InChI is InChI=1S/C18H21FN4O/c1-13-12-16(22-18(21-13)23-10-4-5-11-23)17(24)20-9-8-14-6-2-3-7-15(14)19/h2-3,6-7,12H,4-5,8-11H2,1H3,(H,20,24). The molecule has 126 valence electrons. The smallest absolute Gasteiger partial charge is 0.270 e. The van der Waals surface area contributed by atoms with Crippen LogP contribution in [-0.2, 0) is 6.42 Å². The van der Waals surface area contributed by atoms with Crippen LogP contribution in [0.5, 0.6) is 0 Å². The van der Waals surface area contributed by atoms with E-state index in [1.165, 1.54) is 6.07 Å². The van der Waals surface area contributed by atoms with Gasteiger partial charge in [-0.3, -0.25) is 4.79 Å². The van der Waals surface area contributed by atoms with Crippen molar-refractivity contribution in [1.29, 1.82) is 0 Å². The molecule has 3 rings (SSSR count). The summed E-state index contributed by atoms with van der Waals surface area (Å²) in [7, 11) is 0. The van der Waals surface area contributed by atoms with E-state index in [0.717, 1.165) is 31.6 Å². The van der Waals surface area contributed by atoms with E-state index in [9.17, 15) is 9.18 Å². The van der Waals surface area contributed by atoms with Gasteiger partial charge in [-0.1, -0.05) is 18.2 Å². The fraction of sp³-hybridized carbons (Fsp3) is 0.389. The number of aryl methyl sites for hydroxylation is 1. The van der Waals surface area contributed by atoms with Crippen molar-refractivity contribution in [2.75, 3.05) is 24.5 Å². The minimum absolute atomic E-state index is 0.249. The van der Waals surface area contributed by atoms with Gasteiger partial charge in [-0.25, -0.2) is 14.4 Å². The Balaban J connectivity index is 1.63. The molecule has 1 N–H and O–H groups in total. The first-order valence-electron chi connectivity index (χ1n) is 8.26. The number of amides is 1. The number of anilines is 1. The maximum atomic E-state index is 13.6. The Kier molecular flexibility index (Phi) is 5.03. The van der Waals surface area contributed by atoms with Gasteiger partial charge >= 0.3 is 0 Å². The lowest BCUT2D eigenvalue weighted by Gasteiger charge is -2.16. The second-order valence-corrected chi connectivity index (χ2v) is 5.99. The molecule has 1 aliphatic rings. The van der Waals surface area contributed by atoms with Gasteiger partial charge in [-0.15, -0.1) is 0 Å². The Hall–Kier alpha value is -2.50. The molecule has 1 aromatic heterocycles. The zero-order chi connectivity index (χ0) is 16.9. The molecule has 1 aliphatic heterocycles. The molecular weight excluding hydrogens is 307 g/mol. The zero-order valence-corrected chi connectivity index (χ0v) is 13.8. The number of hydrogen-bond donors (Lipinski definition) is 1. The molecule has 0 spiro atoms. The lowest BCUT2D eigenvalue weighted by molar-refractivity contribution is 0.0949. The number of carbonyl (C=O) groups is 1. The summed E-state index contributed by atoms with van der Waals surface area (Å²) in [5, 5.41) is 2.81. The zero-order valence-electron chi connectivity index (χ0n) is 13.8. The second kappa shape index (κ2) is 7.38. The molecule has 2 aromatic rings. The Labute approximate surface area is 140 Å². The molecule has 6 heteroatoms. The Morgan fingerprint density at radius 1 is 1.25 bits per heavy atom. The molecule has 0 saturated carbocycles. The molecule has 0 bridgehead atoms. The quantitative estimate of drug-likeness (QED) is 0.916. The van der Waals surface area contributed by atoms with Gasteiger partial charge in [-0.2, -0.15) is 0 Å². The van der Waals surface area contributed by atoms with Crippen molar-refractivity contribution in [2.24, 2.45) is 0 Å². The number of nitrogens with zero attached hydrogens (tertiary/aromatic N) is 3. The van der Waals surface area contributed by atoms with Crippen LogP contribution in [0.4, 0.5) is 10.3 Å². The van der Waals surface area contributed by atoms with Crippen LogP contribution in [-0.4, -0.2) is 35.5 Å². The number of benzene rings is 1. The van der Waals surface area contributed by atoms with Crippen molar-refractivity contribution in [1.82, 2.24) is 15.3 Å². The Bertz CT molecular complexity index is 729. The van der Waals surface area contributed by atoms with Gasteiger partial charge in [0.25, 0.3) is 5.91 Å². The average molecular weight is 328 g/mol. The van der Waals surface area contributed by atoms with E-state index in [0.29, 0.717) is 30.2 Å². The Morgan fingerprint density at radius 2 is 2.00 bits per heavy atom. The lowest BCUT2D eigenvalue weighted by atomic mass is 10.1. The minimum atomic E-state index is -0.253. The minimum Gasteiger partial charge on any atom is -0.350 e. The number of halogens is 1. The molecule has 0 aliphatic carbocycles. The van der Waals surface area contributed by atoms with Crippen LogP contribution >= 0.6 is 0 Å². The van der Waals surface area contributed by atoms with Crippen LogP contribution in [0.25, 0.3) is 0 Å². The largest absolute Gasteiger partial charge is 0.350 e. The van der Waals surface area contributed by atoms with Crippen molar-refractivity contribution in [3.63, 3.8) is 0 Å². The summed E-state index contributed by atoms with van der Waals surface area (Å²) in [5.41, 5.74) is 1.72. The van der Waals surface area contributed by atoms with Crippen molar-refractivity contribution >= 4 is 11.9 Å². The molecule has 0 atom stereocenters. The topological polar surface area (TPSA) is 58.1 Å². The van der Waals surface area contributed by atoms with Gasteiger partial charge < -0.3 is 10.2 Å². The van der Waals surface area contributed by atoms with Gasteiger partial charge in [0.15, 0.2) is 0 Å². The summed E-state index contributed by atoms with van der Waals surface area (Å²) in [5.74, 6) is 0.116. The highest BCUT2D eigenvalue weighted by molar-refractivity contribution is 5.92. The van der Waals surface area contributed by atoms with E-state index in [1.54, 1.807) is 24.3 Å². The van der Waals surface area contributed by atoms with Crippen LogP contribution in [0.15, 0.2) is 30.3 Å². The summed E-state index contributed by atoms with van der Waals surface area (Å²) in [6, 6.07) is 8.27. The first-order valence-corrected chi connectivity index (χ1v) is 8.26. The third-order valence-electron chi connectivity index (χ3n) is 4.10. The number of carbonyl (C=O) groups excluding carboxylic acids is 1. The Morgan fingerprint density at radius 3 is 2.75 bits per heavy atom. The fourth-order valence-electron chi connectivity index (χ4n) is 2.83. The van der Waals surface area contributed by atoms with Crippen LogP contribution in [0, 0.1) is 12.7 Å². The highest BCUT2D eigenvalue weighted by Crippen LogP contribution is 2.16. The van der Waals surface area contributed by atoms with Crippen molar-refractivity contribution < 1.29 is 9.18 Å². The molecule has 24 heavy (non-hydrogen) atoms. The summed E-state index contributed by atoms with van der Waals surface area (Å²) in [6.45, 7) is 4.08. The molecule has 1 saturated heterocycles. The van der Waals surface area contributed by atoms with Gasteiger partial charge in [0, 0.05) is 25.3 Å². The summed E-state index contributed by atoms with van der Waals surface area (Å²) < 4.78 is 13.6. The van der Waals surface area contributed by atoms with Crippen molar-refractivity contribution in [2.45, 2.75) is 26.2 Å². The first-order chi connectivity index (χ1) is 11.6. The highest BCUT2D eigenvalue weighted by atomic mass is 19.1. The molecular formula is C18H21FN4O. The molecule has 1 aromatic carbocycles. The summed E-state index contributed by atoms with van der Waals surface area (Å²) >= 11 is 0. The van der Waals surface area contributed by atoms with E-state index in [-0.39, 0.29) is 11.7 Å². The maximum absolute atomic E-state index is 13.6. The monoisotopic (exact) mass is 328 g/mol. The predicted octanol–water partition coefficient (Wildman–Crippen LogP) is 2.50. The normalized spacial score (nSPS) is 14.0. The van der Waals surface area contributed by atoms with Crippen LogP contribution in [0.2, 0.25) is 0 Å². The number of hydrogen-bond acceptors (Lipinski definition) is 4. The summed E-state index contributed by atoms with van der Waals surface area (Å²) in [6.07, 6.45) is 2.70. The third-order valence-corrected chi connectivity index (χ3v) is 4.10. The molecule has 5 nitrogen and oxygen atoms in total. The number of rotatable bonds is 5. The molecule has 1 amide bonds. The average Bonchev–Trinajstić information content (AvgIpc) is 3.10. The summed E-state index contributed by atoms with van der Waals surface area (Å²) in [4.78, 5) is 23.2. The van der Waals surface area contributed by atoms with Crippen LogP contribution in [0.1, 0.15) is 34.6 Å². The van der Waals surface area contributed by atoms with Gasteiger partial charge in [0.05, 0.1) is 0 Å². The lowest BCUT2D eigenvalue weighted by Crippen LogP contribution is -2.28. The van der Waals surface area contributed by atoms with E-state index >= 15 is 0 Å². The maximum Gasteiger partial charge on any atom is 0.270 e. The van der Waals surface area contributed by atoms with Crippen molar-refractivity contribution in [3.8, 4) is 0 Å². The number of aromatic nitrogens is 2. The van der Waals surface area contributed by atoms with E-state index in [1.807, 2.05) is 6.92 Å². The third kappa shape index (κ3) is 3.88. The first kappa shape index (κ1) is 16.4. The second-order valence-electron chi connectivity index (χ2n) is 5.99. The van der Waals surface area contributed by atoms with Crippen LogP contribution in [0.3, 0.4) is 0 Å². The fourth-order valence-corrected chi connectivity index (χ4v) is 2.83. The molecule has 0 radical (unpaired) electrons. The van der Waals surface area contributed by atoms with E-state index in [2.05, 4.69) is 20.2 Å².